The van der Waals surface area contributed by atoms with Crippen LogP contribution in [0.5, 0.6) is 0 Å². The topological polar surface area (TPSA) is 71.1 Å². The van der Waals surface area contributed by atoms with Crippen LogP contribution >= 0.6 is 0 Å². The Labute approximate surface area is 143 Å². The number of benzene rings is 1. The summed E-state index contributed by atoms with van der Waals surface area (Å²) in [7, 11) is 0. The smallest absolute Gasteiger partial charge is 0.410 e. The first kappa shape index (κ1) is 18.0. The Kier molecular flexibility index (Phi) is 5.95. The van der Waals surface area contributed by atoms with E-state index in [4.69, 9.17) is 4.74 Å². The molecule has 0 radical (unpaired) electrons. The number of aromatic amines is 1. The molecule has 0 saturated carbocycles. The van der Waals surface area contributed by atoms with Gasteiger partial charge in [0, 0.05) is 6.54 Å². The molecule has 0 fully saturated rings. The number of nitrogens with one attached hydrogen (secondary N) is 1. The molecule has 0 aliphatic heterocycles. The van der Waals surface area contributed by atoms with E-state index in [9.17, 15) is 4.79 Å². The van der Waals surface area contributed by atoms with E-state index < -0.39 is 5.60 Å². The second-order valence-electron chi connectivity index (χ2n) is 6.88. The van der Waals surface area contributed by atoms with Gasteiger partial charge in [-0.2, -0.15) is 0 Å². The monoisotopic (exact) mass is 330 g/mol. The molecule has 1 heterocycles. The molecule has 6 nitrogen and oxygen atoms in total. The largest absolute Gasteiger partial charge is 0.444 e. The number of hydrogen-bond donors (Lipinski definition) is 1. The molecule has 2 aromatic rings. The van der Waals surface area contributed by atoms with Crippen LogP contribution in [0.3, 0.4) is 0 Å². The predicted octanol–water partition coefficient (Wildman–Crippen LogP) is 3.69. The van der Waals surface area contributed by atoms with Gasteiger partial charge in [-0.15, -0.1) is 5.10 Å². The number of H-pyrrole nitrogens is 1. The van der Waals surface area contributed by atoms with Gasteiger partial charge in [0.25, 0.3) is 0 Å². The van der Waals surface area contributed by atoms with Crippen molar-refractivity contribution in [1.82, 2.24) is 20.3 Å². The molecular weight excluding hydrogens is 304 g/mol. The van der Waals surface area contributed by atoms with E-state index in [1.165, 1.54) is 5.56 Å². The van der Waals surface area contributed by atoms with Gasteiger partial charge in [0.1, 0.15) is 5.60 Å². The normalized spacial score (nSPS) is 11.3. The number of hydrogen-bond acceptors (Lipinski definition) is 4. The number of ether oxygens (including phenoxy) is 1. The van der Waals surface area contributed by atoms with E-state index in [0.717, 1.165) is 24.1 Å². The summed E-state index contributed by atoms with van der Waals surface area (Å²) in [5, 5.41) is 10.2. The molecule has 1 N–H and O–H groups in total. The van der Waals surface area contributed by atoms with Gasteiger partial charge in [-0.3, -0.25) is 10.00 Å². The molecule has 0 unspecified atom stereocenters. The van der Waals surface area contributed by atoms with E-state index in [2.05, 4.69) is 46.6 Å². The third-order valence-corrected chi connectivity index (χ3v) is 3.41. The molecule has 130 valence electrons. The molecule has 0 aliphatic carbocycles. The second-order valence-corrected chi connectivity index (χ2v) is 6.88. The van der Waals surface area contributed by atoms with Gasteiger partial charge < -0.3 is 4.74 Å². The second kappa shape index (κ2) is 7.95. The zero-order chi connectivity index (χ0) is 17.6. The van der Waals surface area contributed by atoms with Crippen molar-refractivity contribution in [2.45, 2.75) is 59.2 Å². The van der Waals surface area contributed by atoms with Crippen LogP contribution in [0.1, 0.15) is 50.9 Å². The fourth-order valence-corrected chi connectivity index (χ4v) is 2.33. The molecule has 0 bridgehead atoms. The summed E-state index contributed by atoms with van der Waals surface area (Å²) in [6.45, 7) is 8.59. The van der Waals surface area contributed by atoms with E-state index in [-0.39, 0.29) is 6.09 Å². The average molecular weight is 330 g/mol. The van der Waals surface area contributed by atoms with E-state index >= 15 is 0 Å². The maximum absolute atomic E-state index is 12.5. The van der Waals surface area contributed by atoms with Crippen LogP contribution < -0.4 is 0 Å². The van der Waals surface area contributed by atoms with Crippen molar-refractivity contribution in [3.8, 4) is 0 Å². The Bertz CT molecular complexity index is 630. The Morgan fingerprint density at radius 1 is 1.17 bits per heavy atom. The quantitative estimate of drug-likeness (QED) is 0.877. The number of carbonyl (C=O) groups excluding carboxylic acids is 1. The molecule has 0 saturated heterocycles. The van der Waals surface area contributed by atoms with Gasteiger partial charge in [0.2, 0.25) is 0 Å². The van der Waals surface area contributed by atoms with Gasteiger partial charge in [0.15, 0.2) is 0 Å². The first-order valence-electron chi connectivity index (χ1n) is 8.28. The third kappa shape index (κ3) is 5.68. The highest BCUT2D eigenvalue weighted by Gasteiger charge is 2.23. The molecular formula is C18H26N4O2. The van der Waals surface area contributed by atoms with Crippen molar-refractivity contribution in [2.75, 3.05) is 0 Å². The van der Waals surface area contributed by atoms with Crippen LogP contribution in [0.25, 0.3) is 0 Å². The van der Waals surface area contributed by atoms with Crippen LogP contribution in [0, 0.1) is 0 Å². The molecule has 1 aromatic carbocycles. The van der Waals surface area contributed by atoms with Crippen molar-refractivity contribution in [2.24, 2.45) is 0 Å². The molecule has 0 aliphatic rings. The summed E-state index contributed by atoms with van der Waals surface area (Å²) in [4.78, 5) is 14.2. The Morgan fingerprint density at radius 3 is 2.38 bits per heavy atom. The van der Waals surface area contributed by atoms with Crippen molar-refractivity contribution in [3.05, 3.63) is 47.3 Å². The summed E-state index contributed by atoms with van der Waals surface area (Å²) in [6.07, 6.45) is 3.45. The van der Waals surface area contributed by atoms with Gasteiger partial charge in [-0.1, -0.05) is 42.8 Å². The van der Waals surface area contributed by atoms with Crippen molar-refractivity contribution < 1.29 is 9.53 Å². The van der Waals surface area contributed by atoms with Crippen LogP contribution in [-0.2, 0) is 24.2 Å². The van der Waals surface area contributed by atoms with Crippen LogP contribution in [0.4, 0.5) is 4.79 Å². The third-order valence-electron chi connectivity index (χ3n) is 3.41. The van der Waals surface area contributed by atoms with Crippen molar-refractivity contribution >= 4 is 6.09 Å². The first-order chi connectivity index (χ1) is 11.4. The molecule has 1 amide bonds. The molecule has 2 rings (SSSR count). The summed E-state index contributed by atoms with van der Waals surface area (Å²) in [6, 6.07) is 8.36. The van der Waals surface area contributed by atoms with Gasteiger partial charge in [0.05, 0.1) is 18.4 Å². The van der Waals surface area contributed by atoms with E-state index in [0.29, 0.717) is 13.1 Å². The fraction of sp³-hybridized carbons (Fsp3) is 0.500. The van der Waals surface area contributed by atoms with Gasteiger partial charge in [-0.25, -0.2) is 4.79 Å². The zero-order valence-corrected chi connectivity index (χ0v) is 14.9. The fourth-order valence-electron chi connectivity index (χ4n) is 2.33. The maximum atomic E-state index is 12.5. The number of nitrogens with zero attached hydrogens (tertiary/aromatic N) is 3. The van der Waals surface area contributed by atoms with E-state index in [1.54, 1.807) is 11.1 Å². The predicted molar refractivity (Wildman–Crippen MR) is 92.3 cm³/mol. The highest BCUT2D eigenvalue weighted by atomic mass is 16.6. The SMILES string of the molecule is CCCc1ccc(CN(Cc2cnn[nH]2)C(=O)OC(C)(C)C)cc1. The van der Waals surface area contributed by atoms with Crippen molar-refractivity contribution in [1.29, 1.82) is 0 Å². The van der Waals surface area contributed by atoms with Gasteiger partial charge in [-0.05, 0) is 38.3 Å². The Hall–Kier alpha value is -2.37. The molecule has 1 aromatic heterocycles. The van der Waals surface area contributed by atoms with Crippen LogP contribution in [0.2, 0.25) is 0 Å². The Balaban J connectivity index is 2.10. The number of amides is 1. The molecule has 6 heteroatoms. The number of aromatic nitrogens is 3. The van der Waals surface area contributed by atoms with E-state index in [1.807, 2.05) is 20.8 Å². The minimum Gasteiger partial charge on any atom is -0.444 e. The van der Waals surface area contributed by atoms with Crippen LogP contribution in [-0.4, -0.2) is 32.0 Å². The number of rotatable bonds is 6. The molecule has 0 spiro atoms. The highest BCUT2D eigenvalue weighted by Crippen LogP contribution is 2.15. The lowest BCUT2D eigenvalue weighted by Gasteiger charge is -2.27. The number of carbonyl (C=O) groups is 1. The number of aryl methyl sites for hydroxylation is 1. The minimum atomic E-state index is -0.535. The molecule has 24 heavy (non-hydrogen) atoms. The standard InChI is InChI=1S/C18H26N4O2/c1-5-6-14-7-9-15(10-8-14)12-22(13-16-11-19-21-20-16)17(23)24-18(2,3)4/h7-11H,5-6,12-13H2,1-4H3,(H,19,20,21). The lowest BCUT2D eigenvalue weighted by molar-refractivity contribution is 0.0214. The summed E-state index contributed by atoms with van der Waals surface area (Å²) in [5.74, 6) is 0. The summed E-state index contributed by atoms with van der Waals surface area (Å²) >= 11 is 0. The lowest BCUT2D eigenvalue weighted by atomic mass is 10.1. The Morgan fingerprint density at radius 2 is 1.83 bits per heavy atom. The van der Waals surface area contributed by atoms with Gasteiger partial charge >= 0.3 is 6.09 Å². The lowest BCUT2D eigenvalue weighted by Crippen LogP contribution is -2.36. The van der Waals surface area contributed by atoms with Crippen molar-refractivity contribution in [3.63, 3.8) is 0 Å². The summed E-state index contributed by atoms with van der Waals surface area (Å²) in [5.41, 5.74) is 2.60. The average Bonchev–Trinajstić information content (AvgIpc) is 3.00. The zero-order valence-electron chi connectivity index (χ0n) is 14.9. The highest BCUT2D eigenvalue weighted by molar-refractivity contribution is 5.68. The minimum absolute atomic E-state index is 0.352. The summed E-state index contributed by atoms with van der Waals surface area (Å²) < 4.78 is 5.52. The first-order valence-corrected chi connectivity index (χ1v) is 8.28. The maximum Gasteiger partial charge on any atom is 0.410 e. The van der Waals surface area contributed by atoms with Crippen LogP contribution in [0.15, 0.2) is 30.5 Å². The molecule has 0 atom stereocenters.